The van der Waals surface area contributed by atoms with Gasteiger partial charge < -0.3 is 15.3 Å². The Hall–Kier alpha value is -1.92. The van der Waals surface area contributed by atoms with E-state index in [9.17, 15) is 4.79 Å². The van der Waals surface area contributed by atoms with Crippen LogP contribution in [0.4, 0.5) is 0 Å². The lowest BCUT2D eigenvalue weighted by Gasteiger charge is -2.13. The van der Waals surface area contributed by atoms with Crippen LogP contribution in [-0.2, 0) is 6.42 Å². The Morgan fingerprint density at radius 2 is 2.14 bits per heavy atom. The van der Waals surface area contributed by atoms with Crippen molar-refractivity contribution in [1.29, 1.82) is 0 Å². The van der Waals surface area contributed by atoms with E-state index in [0.717, 1.165) is 40.3 Å². The van der Waals surface area contributed by atoms with E-state index in [0.29, 0.717) is 0 Å². The fourth-order valence-corrected chi connectivity index (χ4v) is 3.02. The number of nitrogens with zero attached hydrogens (tertiary/aromatic N) is 1. The van der Waals surface area contributed by atoms with E-state index in [4.69, 9.17) is 0 Å². The van der Waals surface area contributed by atoms with Crippen LogP contribution in [0.25, 0.3) is 11.0 Å². The van der Waals surface area contributed by atoms with Crippen LogP contribution in [0.1, 0.15) is 29.2 Å². The highest BCUT2D eigenvalue weighted by Crippen LogP contribution is 2.17. The summed E-state index contributed by atoms with van der Waals surface area (Å²) in [5, 5.41) is 6.71. The van der Waals surface area contributed by atoms with Gasteiger partial charge in [0.25, 0.3) is 0 Å². The summed E-state index contributed by atoms with van der Waals surface area (Å²) in [4.78, 5) is 21.3. The molecule has 1 aromatic carbocycles. The van der Waals surface area contributed by atoms with E-state index in [-0.39, 0.29) is 11.7 Å². The zero-order valence-corrected chi connectivity index (χ0v) is 12.9. The van der Waals surface area contributed by atoms with Crippen molar-refractivity contribution in [2.45, 2.75) is 26.3 Å². The predicted molar refractivity (Wildman–Crippen MR) is 85.9 cm³/mol. The maximum absolute atomic E-state index is 11.3. The number of H-pyrrole nitrogens is 2. The fraction of sp³-hybridized carbons (Fsp3) is 0.333. The number of imidazole rings is 1. The van der Waals surface area contributed by atoms with Gasteiger partial charge in [-0.15, -0.1) is 11.3 Å². The van der Waals surface area contributed by atoms with E-state index < -0.39 is 0 Å². The van der Waals surface area contributed by atoms with Gasteiger partial charge in [0, 0.05) is 24.4 Å². The molecule has 1 atom stereocenters. The molecule has 0 radical (unpaired) electrons. The molecule has 6 heteroatoms. The number of nitrogens with one attached hydrogen (secondary N) is 3. The monoisotopic (exact) mass is 302 g/mol. The highest BCUT2D eigenvalue weighted by Gasteiger charge is 2.07. The molecule has 110 valence electrons. The highest BCUT2D eigenvalue weighted by atomic mass is 32.1. The van der Waals surface area contributed by atoms with Crippen LogP contribution in [0.15, 0.2) is 28.4 Å². The van der Waals surface area contributed by atoms with Gasteiger partial charge in [0.05, 0.1) is 21.7 Å². The summed E-state index contributed by atoms with van der Waals surface area (Å²) in [5.74, 6) is 0. The van der Waals surface area contributed by atoms with E-state index in [1.165, 1.54) is 0 Å². The number of hydrogen-bond donors (Lipinski definition) is 3. The number of aryl methyl sites for hydroxylation is 1. The van der Waals surface area contributed by atoms with Crippen LogP contribution in [0.5, 0.6) is 0 Å². The van der Waals surface area contributed by atoms with Crippen molar-refractivity contribution in [2.75, 3.05) is 6.54 Å². The molecule has 21 heavy (non-hydrogen) atoms. The lowest BCUT2D eigenvalue weighted by Crippen LogP contribution is -2.21. The first-order valence-electron chi connectivity index (χ1n) is 6.98. The summed E-state index contributed by atoms with van der Waals surface area (Å²) in [5.41, 5.74) is 3.83. The molecule has 0 amide bonds. The molecule has 0 bridgehead atoms. The predicted octanol–water partition coefficient (Wildman–Crippen LogP) is 2.51. The quantitative estimate of drug-likeness (QED) is 0.678. The molecule has 0 aliphatic carbocycles. The van der Waals surface area contributed by atoms with Crippen molar-refractivity contribution >= 4 is 22.4 Å². The molecule has 3 N–H and O–H groups in total. The minimum absolute atomic E-state index is 0.165. The van der Waals surface area contributed by atoms with Gasteiger partial charge in [0.2, 0.25) is 0 Å². The first kappa shape index (κ1) is 14.0. The Kier molecular flexibility index (Phi) is 3.90. The molecule has 0 saturated carbocycles. The molecule has 0 fully saturated rings. The molecular weight excluding hydrogens is 284 g/mol. The van der Waals surface area contributed by atoms with Crippen molar-refractivity contribution in [3.8, 4) is 0 Å². The second kappa shape index (κ2) is 5.83. The summed E-state index contributed by atoms with van der Waals surface area (Å²) in [6.07, 6.45) is 0.928. The number of aromatic nitrogens is 3. The molecule has 5 nitrogen and oxygen atoms in total. The Morgan fingerprint density at radius 3 is 2.90 bits per heavy atom. The number of rotatable bonds is 5. The molecule has 0 saturated heterocycles. The fourth-order valence-electron chi connectivity index (χ4n) is 2.38. The van der Waals surface area contributed by atoms with Gasteiger partial charge in [-0.05, 0) is 31.5 Å². The minimum Gasteiger partial charge on any atom is -0.310 e. The zero-order valence-electron chi connectivity index (χ0n) is 12.1. The Labute approximate surface area is 126 Å². The van der Waals surface area contributed by atoms with Crippen LogP contribution in [-0.4, -0.2) is 21.5 Å². The Bertz CT molecular complexity index is 801. The molecular formula is C15H18N4OS. The Balaban J connectivity index is 1.63. The summed E-state index contributed by atoms with van der Waals surface area (Å²) >= 11 is 1.69. The second-order valence-corrected chi connectivity index (χ2v) is 6.23. The van der Waals surface area contributed by atoms with Crippen molar-refractivity contribution in [3.05, 3.63) is 50.3 Å². The average molecular weight is 302 g/mol. The van der Waals surface area contributed by atoms with Crippen LogP contribution in [0.3, 0.4) is 0 Å². The SMILES string of the molecule is Cc1nc(CCNC(C)c2ccc3[nH]c(=O)[nH]c3c2)cs1. The maximum Gasteiger partial charge on any atom is 0.323 e. The number of fused-ring (bicyclic) bond motifs is 1. The lowest BCUT2D eigenvalue weighted by atomic mass is 10.1. The Morgan fingerprint density at radius 1 is 1.33 bits per heavy atom. The van der Waals surface area contributed by atoms with Gasteiger partial charge in [0.1, 0.15) is 0 Å². The van der Waals surface area contributed by atoms with Gasteiger partial charge in [-0.1, -0.05) is 6.07 Å². The number of thiazole rings is 1. The largest absolute Gasteiger partial charge is 0.323 e. The van der Waals surface area contributed by atoms with Crippen molar-refractivity contribution < 1.29 is 0 Å². The van der Waals surface area contributed by atoms with Crippen LogP contribution < -0.4 is 11.0 Å². The normalized spacial score (nSPS) is 12.9. The number of aromatic amines is 2. The first-order valence-corrected chi connectivity index (χ1v) is 7.86. The molecule has 0 aliphatic rings. The summed E-state index contributed by atoms with van der Waals surface area (Å²) in [7, 11) is 0. The molecule has 1 unspecified atom stereocenters. The summed E-state index contributed by atoms with van der Waals surface area (Å²) < 4.78 is 0. The molecule has 0 spiro atoms. The zero-order chi connectivity index (χ0) is 14.8. The summed E-state index contributed by atoms with van der Waals surface area (Å²) in [6, 6.07) is 6.21. The average Bonchev–Trinajstić information content (AvgIpc) is 3.02. The van der Waals surface area contributed by atoms with Gasteiger partial charge in [-0.2, -0.15) is 0 Å². The number of benzene rings is 1. The van der Waals surface area contributed by atoms with Crippen LogP contribution in [0, 0.1) is 6.92 Å². The first-order chi connectivity index (χ1) is 10.1. The second-order valence-electron chi connectivity index (χ2n) is 5.17. The van der Waals surface area contributed by atoms with Crippen LogP contribution >= 0.6 is 11.3 Å². The highest BCUT2D eigenvalue weighted by molar-refractivity contribution is 7.09. The van der Waals surface area contributed by atoms with Gasteiger partial charge in [-0.3, -0.25) is 0 Å². The van der Waals surface area contributed by atoms with E-state index >= 15 is 0 Å². The molecule has 2 heterocycles. The maximum atomic E-state index is 11.3. The number of hydrogen-bond acceptors (Lipinski definition) is 4. The molecule has 3 aromatic rings. The minimum atomic E-state index is -0.165. The van der Waals surface area contributed by atoms with E-state index in [1.807, 2.05) is 25.1 Å². The van der Waals surface area contributed by atoms with Gasteiger partial charge >= 0.3 is 5.69 Å². The van der Waals surface area contributed by atoms with E-state index in [2.05, 4.69) is 32.6 Å². The van der Waals surface area contributed by atoms with Gasteiger partial charge in [0.15, 0.2) is 0 Å². The third-order valence-corrected chi connectivity index (χ3v) is 4.36. The molecule has 3 rings (SSSR count). The standard InChI is InChI=1S/C15H18N4OS/c1-9(16-6-5-12-8-21-10(2)17-12)11-3-4-13-14(7-11)19-15(20)18-13/h3-4,7-9,16H,5-6H2,1-2H3,(H2,18,19,20). The third-order valence-electron chi connectivity index (χ3n) is 3.54. The lowest BCUT2D eigenvalue weighted by molar-refractivity contribution is 0.575. The summed E-state index contributed by atoms with van der Waals surface area (Å²) in [6.45, 7) is 5.03. The van der Waals surface area contributed by atoms with Crippen molar-refractivity contribution in [1.82, 2.24) is 20.3 Å². The van der Waals surface area contributed by atoms with E-state index in [1.54, 1.807) is 11.3 Å². The van der Waals surface area contributed by atoms with Crippen LogP contribution in [0.2, 0.25) is 0 Å². The molecule has 2 aromatic heterocycles. The van der Waals surface area contributed by atoms with Crippen molar-refractivity contribution in [2.24, 2.45) is 0 Å². The van der Waals surface area contributed by atoms with Gasteiger partial charge in [-0.25, -0.2) is 9.78 Å². The smallest absolute Gasteiger partial charge is 0.310 e. The topological polar surface area (TPSA) is 73.6 Å². The molecule has 0 aliphatic heterocycles. The third kappa shape index (κ3) is 3.22. The van der Waals surface area contributed by atoms with Crippen molar-refractivity contribution in [3.63, 3.8) is 0 Å².